The Morgan fingerprint density at radius 2 is 1.77 bits per heavy atom. The van der Waals surface area contributed by atoms with Gasteiger partial charge in [-0.25, -0.2) is 18.0 Å². The Morgan fingerprint density at radius 3 is 2.45 bits per heavy atom. The predicted molar refractivity (Wildman–Crippen MR) is 105 cm³/mol. The molecule has 31 heavy (non-hydrogen) atoms. The number of carbonyl (C=O) groups excluding carboxylic acids is 3. The number of amides is 2. The van der Waals surface area contributed by atoms with Gasteiger partial charge in [0.2, 0.25) is 5.91 Å². The highest BCUT2D eigenvalue weighted by molar-refractivity contribution is 6.30. The fourth-order valence-corrected chi connectivity index (χ4v) is 2.51. The zero-order chi connectivity index (χ0) is 23.1. The summed E-state index contributed by atoms with van der Waals surface area (Å²) in [5, 5.41) is 4.62. The molecular weight excluding hydrogens is 441 g/mol. The molecule has 0 aliphatic rings. The van der Waals surface area contributed by atoms with E-state index >= 15 is 0 Å². The molecule has 2 aromatic carbocycles. The number of carbonyl (C=O) groups is 3. The minimum Gasteiger partial charge on any atom is -0.479 e. The van der Waals surface area contributed by atoms with Crippen LogP contribution >= 0.6 is 11.6 Å². The summed E-state index contributed by atoms with van der Waals surface area (Å²) in [6.07, 6.45) is -1.02. The van der Waals surface area contributed by atoms with Gasteiger partial charge in [0, 0.05) is 5.02 Å². The molecule has 0 fully saturated rings. The summed E-state index contributed by atoms with van der Waals surface area (Å²) in [7, 11) is 0. The molecule has 0 saturated heterocycles. The zero-order valence-corrected chi connectivity index (χ0v) is 17.2. The van der Waals surface area contributed by atoms with E-state index in [-0.39, 0.29) is 0 Å². The molecule has 166 valence electrons. The van der Waals surface area contributed by atoms with Crippen LogP contribution in [0.2, 0.25) is 5.02 Å². The SMILES string of the molecule is Cc1cc(Cl)ccc1OC(C)C(=O)OCC(=O)NCC(=O)Nc1ccc(F)c(F)c1F. The second-order valence-corrected chi connectivity index (χ2v) is 6.76. The number of halogens is 4. The summed E-state index contributed by atoms with van der Waals surface area (Å²) < 4.78 is 49.8. The van der Waals surface area contributed by atoms with E-state index in [0.29, 0.717) is 22.4 Å². The number of benzene rings is 2. The van der Waals surface area contributed by atoms with Gasteiger partial charge >= 0.3 is 5.97 Å². The van der Waals surface area contributed by atoms with Gasteiger partial charge < -0.3 is 20.1 Å². The number of esters is 1. The Bertz CT molecular complexity index is 1000. The number of nitrogens with one attached hydrogen (secondary N) is 2. The molecule has 2 amide bonds. The van der Waals surface area contributed by atoms with Crippen molar-refractivity contribution in [3.05, 3.63) is 58.4 Å². The number of anilines is 1. The second kappa shape index (κ2) is 10.7. The molecule has 2 aromatic rings. The summed E-state index contributed by atoms with van der Waals surface area (Å²) >= 11 is 5.85. The summed E-state index contributed by atoms with van der Waals surface area (Å²) in [5.41, 5.74) is 0.112. The molecule has 0 aliphatic heterocycles. The second-order valence-electron chi connectivity index (χ2n) is 6.33. The van der Waals surface area contributed by atoms with Crippen LogP contribution < -0.4 is 15.4 Å². The molecular formula is C20H18ClF3N2O5. The van der Waals surface area contributed by atoms with E-state index in [9.17, 15) is 27.6 Å². The van der Waals surface area contributed by atoms with Crippen LogP contribution in [0.5, 0.6) is 5.75 Å². The molecule has 2 rings (SSSR count). The predicted octanol–water partition coefficient (Wildman–Crippen LogP) is 3.13. The van der Waals surface area contributed by atoms with Crippen molar-refractivity contribution in [1.82, 2.24) is 5.32 Å². The lowest BCUT2D eigenvalue weighted by Gasteiger charge is -2.15. The topological polar surface area (TPSA) is 93.7 Å². The minimum absolute atomic E-state index is 0.416. The van der Waals surface area contributed by atoms with E-state index < -0.39 is 60.2 Å². The molecule has 0 heterocycles. The van der Waals surface area contributed by atoms with Gasteiger partial charge in [0.05, 0.1) is 12.2 Å². The first-order valence-electron chi connectivity index (χ1n) is 8.88. The average molecular weight is 459 g/mol. The van der Waals surface area contributed by atoms with Crippen LogP contribution in [0.1, 0.15) is 12.5 Å². The number of rotatable bonds is 8. The third-order valence-electron chi connectivity index (χ3n) is 3.87. The van der Waals surface area contributed by atoms with E-state index in [1.54, 1.807) is 25.1 Å². The van der Waals surface area contributed by atoms with Crippen molar-refractivity contribution in [1.29, 1.82) is 0 Å². The standard InChI is InChI=1S/C20H18ClF3N2O5/c1-10-7-12(21)3-6-15(10)31-11(2)20(29)30-9-17(28)25-8-16(27)26-14-5-4-13(22)18(23)19(14)24/h3-7,11H,8-9H2,1-2H3,(H,25,28)(H,26,27). The van der Waals surface area contributed by atoms with Crippen molar-refractivity contribution in [2.45, 2.75) is 20.0 Å². The number of aryl methyl sites for hydroxylation is 1. The summed E-state index contributed by atoms with van der Waals surface area (Å²) in [5.74, 6) is -6.84. The molecule has 1 atom stereocenters. The van der Waals surface area contributed by atoms with E-state index in [4.69, 9.17) is 21.1 Å². The van der Waals surface area contributed by atoms with E-state index in [1.807, 2.05) is 5.32 Å². The Balaban J connectivity index is 1.76. The molecule has 0 radical (unpaired) electrons. The first-order valence-corrected chi connectivity index (χ1v) is 9.25. The molecule has 0 aromatic heterocycles. The maximum atomic E-state index is 13.5. The molecule has 0 bridgehead atoms. The minimum atomic E-state index is -1.74. The van der Waals surface area contributed by atoms with Gasteiger partial charge in [0.25, 0.3) is 5.91 Å². The highest BCUT2D eigenvalue weighted by Gasteiger charge is 2.19. The summed E-state index contributed by atoms with van der Waals surface area (Å²) in [6.45, 7) is 1.85. The van der Waals surface area contributed by atoms with Crippen molar-refractivity contribution in [2.24, 2.45) is 0 Å². The van der Waals surface area contributed by atoms with Gasteiger partial charge in [-0.3, -0.25) is 9.59 Å². The average Bonchev–Trinajstić information content (AvgIpc) is 2.72. The lowest BCUT2D eigenvalue weighted by Crippen LogP contribution is -2.37. The smallest absolute Gasteiger partial charge is 0.347 e. The van der Waals surface area contributed by atoms with E-state index in [1.165, 1.54) is 6.92 Å². The lowest BCUT2D eigenvalue weighted by atomic mass is 10.2. The van der Waals surface area contributed by atoms with Gasteiger partial charge in [-0.05, 0) is 49.7 Å². The largest absolute Gasteiger partial charge is 0.479 e. The highest BCUT2D eigenvalue weighted by atomic mass is 35.5. The molecule has 7 nitrogen and oxygen atoms in total. The fraction of sp³-hybridized carbons (Fsp3) is 0.250. The molecule has 0 spiro atoms. The van der Waals surface area contributed by atoms with Gasteiger partial charge in [-0.2, -0.15) is 0 Å². The van der Waals surface area contributed by atoms with Crippen molar-refractivity contribution in [2.75, 3.05) is 18.5 Å². The normalized spacial score (nSPS) is 11.4. The monoisotopic (exact) mass is 458 g/mol. The molecule has 0 aliphatic carbocycles. The van der Waals surface area contributed by atoms with Crippen LogP contribution in [0.3, 0.4) is 0 Å². The van der Waals surface area contributed by atoms with Crippen LogP contribution in [-0.4, -0.2) is 37.0 Å². The van der Waals surface area contributed by atoms with Crippen LogP contribution in [0.25, 0.3) is 0 Å². The fourth-order valence-electron chi connectivity index (χ4n) is 2.28. The van der Waals surface area contributed by atoms with Crippen LogP contribution in [0.4, 0.5) is 18.9 Å². The van der Waals surface area contributed by atoms with Crippen LogP contribution in [0.15, 0.2) is 30.3 Å². The van der Waals surface area contributed by atoms with Gasteiger partial charge in [0.15, 0.2) is 30.2 Å². The first kappa shape index (κ1) is 24.0. The van der Waals surface area contributed by atoms with Crippen molar-refractivity contribution in [3.8, 4) is 5.75 Å². The first-order chi connectivity index (χ1) is 14.6. The number of ether oxygens (including phenoxy) is 2. The number of hydrogen-bond donors (Lipinski definition) is 2. The van der Waals surface area contributed by atoms with Crippen molar-refractivity contribution in [3.63, 3.8) is 0 Å². The zero-order valence-electron chi connectivity index (χ0n) is 16.4. The third kappa shape index (κ3) is 6.88. The third-order valence-corrected chi connectivity index (χ3v) is 4.11. The molecule has 2 N–H and O–H groups in total. The lowest BCUT2D eigenvalue weighted by molar-refractivity contribution is -0.154. The Kier molecular flexibility index (Phi) is 8.26. The molecule has 1 unspecified atom stereocenters. The van der Waals surface area contributed by atoms with Gasteiger partial charge in [0.1, 0.15) is 5.75 Å². The summed E-state index contributed by atoms with van der Waals surface area (Å²) in [4.78, 5) is 35.4. The number of hydrogen-bond acceptors (Lipinski definition) is 5. The molecule has 0 saturated carbocycles. The van der Waals surface area contributed by atoms with Crippen molar-refractivity contribution < 1.29 is 37.0 Å². The Hall–Kier alpha value is -3.27. The Morgan fingerprint density at radius 1 is 1.06 bits per heavy atom. The maximum absolute atomic E-state index is 13.5. The maximum Gasteiger partial charge on any atom is 0.347 e. The van der Waals surface area contributed by atoms with Crippen LogP contribution in [-0.2, 0) is 19.1 Å². The van der Waals surface area contributed by atoms with Crippen molar-refractivity contribution >= 4 is 35.1 Å². The van der Waals surface area contributed by atoms with E-state index in [0.717, 1.165) is 6.07 Å². The van der Waals surface area contributed by atoms with Gasteiger partial charge in [-0.15, -0.1) is 0 Å². The summed E-state index contributed by atoms with van der Waals surface area (Å²) in [6, 6.07) is 6.30. The molecule has 11 heteroatoms. The quantitative estimate of drug-likeness (QED) is 0.468. The highest BCUT2D eigenvalue weighted by Crippen LogP contribution is 2.23. The Labute approximate surface area is 180 Å². The van der Waals surface area contributed by atoms with E-state index in [2.05, 4.69) is 5.32 Å². The van der Waals surface area contributed by atoms with Gasteiger partial charge in [-0.1, -0.05) is 11.6 Å². The van der Waals surface area contributed by atoms with Crippen LogP contribution in [0, 0.1) is 24.4 Å².